The van der Waals surface area contributed by atoms with Crippen molar-refractivity contribution >= 4 is 33.1 Å². The van der Waals surface area contributed by atoms with Gasteiger partial charge >= 0.3 is 0 Å². The van der Waals surface area contributed by atoms with Crippen molar-refractivity contribution in [2.75, 3.05) is 37.6 Å². The molecule has 0 radical (unpaired) electrons. The van der Waals surface area contributed by atoms with Gasteiger partial charge in [0.15, 0.2) is 0 Å². The minimum absolute atomic E-state index is 0.0618. The van der Waals surface area contributed by atoms with Crippen molar-refractivity contribution in [3.05, 3.63) is 59.9 Å². The Morgan fingerprint density at radius 1 is 1.04 bits per heavy atom. The van der Waals surface area contributed by atoms with Gasteiger partial charge < -0.3 is 9.74 Å². The smallest absolute Gasteiger partial charge is 0.150 e. The van der Waals surface area contributed by atoms with E-state index in [0.29, 0.717) is 0 Å². The molecule has 2 aliphatic heterocycles. The maximum absolute atomic E-state index is 13.1. The molecular weight excluding hydrogens is 375 g/mol. The quantitative estimate of drug-likeness (QED) is 0.674. The van der Waals surface area contributed by atoms with E-state index in [2.05, 4.69) is 43.6 Å². The largest absolute Gasteiger partial charge is 0.390 e. The van der Waals surface area contributed by atoms with Crippen LogP contribution in [0, 0.1) is 5.82 Å². The molecule has 0 bridgehead atoms. The van der Waals surface area contributed by atoms with Gasteiger partial charge in [0.1, 0.15) is 17.7 Å². The van der Waals surface area contributed by atoms with Crippen LogP contribution in [0.3, 0.4) is 0 Å². The van der Waals surface area contributed by atoms with Crippen LogP contribution in [-0.2, 0) is 4.84 Å². The molecule has 5 nitrogen and oxygen atoms in total. The number of hydrogen-bond acceptors (Lipinski definition) is 6. The van der Waals surface area contributed by atoms with E-state index in [0.717, 1.165) is 56.2 Å². The van der Waals surface area contributed by atoms with Gasteiger partial charge in [-0.3, -0.25) is 4.90 Å². The van der Waals surface area contributed by atoms with Crippen molar-refractivity contribution < 1.29 is 9.23 Å². The second-order valence-corrected chi connectivity index (χ2v) is 8.07. The maximum atomic E-state index is 13.1. The van der Waals surface area contributed by atoms with Crippen LogP contribution in [0.15, 0.2) is 53.7 Å². The molecule has 7 heteroatoms. The van der Waals surface area contributed by atoms with Crippen molar-refractivity contribution in [2.24, 2.45) is 5.16 Å². The molecule has 3 aromatic rings. The van der Waals surface area contributed by atoms with Gasteiger partial charge in [-0.05, 0) is 41.4 Å². The molecule has 1 fully saturated rings. The number of anilines is 1. The highest BCUT2D eigenvalue weighted by Crippen LogP contribution is 2.30. The van der Waals surface area contributed by atoms with Crippen LogP contribution in [0.2, 0.25) is 0 Å². The molecule has 2 aliphatic rings. The zero-order chi connectivity index (χ0) is 18.9. The van der Waals surface area contributed by atoms with E-state index in [1.165, 1.54) is 22.2 Å². The summed E-state index contributed by atoms with van der Waals surface area (Å²) in [7, 11) is 0. The van der Waals surface area contributed by atoms with Gasteiger partial charge in [-0.15, -0.1) is 0 Å². The van der Waals surface area contributed by atoms with Crippen molar-refractivity contribution in [3.8, 4) is 0 Å². The standard InChI is InChI=1S/C21H21FN4OS/c22-16-7-5-15(6-8-16)19-13-17(27-23-19)14-25-9-11-26(12-10-25)21-18-3-1-2-4-20(18)28-24-21/h1-8,17H,9-14H2. The van der Waals surface area contributed by atoms with Crippen molar-refractivity contribution in [2.45, 2.75) is 12.5 Å². The van der Waals surface area contributed by atoms with Crippen molar-refractivity contribution in [1.29, 1.82) is 0 Å². The fourth-order valence-electron chi connectivity index (χ4n) is 3.87. The molecule has 0 N–H and O–H groups in total. The first-order chi connectivity index (χ1) is 13.8. The number of nitrogens with zero attached hydrogens (tertiary/aromatic N) is 4. The van der Waals surface area contributed by atoms with Crippen molar-refractivity contribution in [1.82, 2.24) is 9.27 Å². The Labute approximate surface area is 167 Å². The fraction of sp³-hybridized carbons (Fsp3) is 0.333. The Morgan fingerprint density at radius 3 is 2.64 bits per heavy atom. The first kappa shape index (κ1) is 17.6. The summed E-state index contributed by atoms with van der Waals surface area (Å²) in [6.07, 6.45) is 0.828. The number of halogens is 1. The summed E-state index contributed by atoms with van der Waals surface area (Å²) in [4.78, 5) is 10.4. The van der Waals surface area contributed by atoms with E-state index < -0.39 is 0 Å². The number of piperazine rings is 1. The summed E-state index contributed by atoms with van der Waals surface area (Å²) < 4.78 is 19.0. The molecule has 2 aromatic carbocycles. The van der Waals surface area contributed by atoms with Gasteiger partial charge in [-0.25, -0.2) is 4.39 Å². The number of rotatable bonds is 4. The van der Waals surface area contributed by atoms with Crippen LogP contribution in [0.1, 0.15) is 12.0 Å². The second-order valence-electron chi connectivity index (χ2n) is 7.27. The molecule has 0 spiro atoms. The third-order valence-electron chi connectivity index (χ3n) is 5.40. The van der Waals surface area contributed by atoms with E-state index in [-0.39, 0.29) is 11.9 Å². The zero-order valence-electron chi connectivity index (χ0n) is 15.4. The summed E-state index contributed by atoms with van der Waals surface area (Å²) in [5, 5.41) is 5.47. The lowest BCUT2D eigenvalue weighted by Crippen LogP contribution is -2.48. The molecular formula is C21H21FN4OS. The summed E-state index contributed by atoms with van der Waals surface area (Å²) >= 11 is 1.57. The van der Waals surface area contributed by atoms with Gasteiger partial charge in [-0.2, -0.15) is 4.37 Å². The first-order valence-electron chi connectivity index (χ1n) is 9.56. The zero-order valence-corrected chi connectivity index (χ0v) is 16.2. The summed E-state index contributed by atoms with van der Waals surface area (Å²) in [5.41, 5.74) is 1.83. The third kappa shape index (κ3) is 3.47. The highest BCUT2D eigenvalue weighted by molar-refractivity contribution is 7.13. The lowest BCUT2D eigenvalue weighted by molar-refractivity contribution is 0.0510. The van der Waals surface area contributed by atoms with Gasteiger partial charge in [-0.1, -0.05) is 29.4 Å². The Kier molecular flexibility index (Phi) is 4.70. The highest BCUT2D eigenvalue weighted by atomic mass is 32.1. The van der Waals surface area contributed by atoms with Gasteiger partial charge in [0.25, 0.3) is 0 Å². The maximum Gasteiger partial charge on any atom is 0.150 e. The molecule has 28 heavy (non-hydrogen) atoms. The Bertz CT molecular complexity index is 995. The number of benzene rings is 2. The van der Waals surface area contributed by atoms with E-state index in [9.17, 15) is 4.39 Å². The molecule has 1 aromatic heterocycles. The molecule has 5 rings (SSSR count). The molecule has 3 heterocycles. The summed E-state index contributed by atoms with van der Waals surface area (Å²) in [5.74, 6) is 0.880. The Hall–Kier alpha value is -2.51. The highest BCUT2D eigenvalue weighted by Gasteiger charge is 2.27. The normalized spacial score (nSPS) is 20.4. The summed E-state index contributed by atoms with van der Waals surface area (Å²) in [6, 6.07) is 14.9. The number of hydrogen-bond donors (Lipinski definition) is 0. The lowest BCUT2D eigenvalue weighted by atomic mass is 10.0. The number of aromatic nitrogens is 1. The Morgan fingerprint density at radius 2 is 1.82 bits per heavy atom. The molecule has 1 atom stereocenters. The molecule has 1 unspecified atom stereocenters. The van der Waals surface area contributed by atoms with Crippen LogP contribution in [0.25, 0.3) is 10.1 Å². The van der Waals surface area contributed by atoms with E-state index in [1.54, 1.807) is 23.7 Å². The van der Waals surface area contributed by atoms with E-state index >= 15 is 0 Å². The molecule has 1 saturated heterocycles. The van der Waals surface area contributed by atoms with Crippen LogP contribution in [-0.4, -0.2) is 53.8 Å². The second kappa shape index (κ2) is 7.48. The lowest BCUT2D eigenvalue weighted by Gasteiger charge is -2.35. The molecule has 0 amide bonds. The minimum Gasteiger partial charge on any atom is -0.390 e. The third-order valence-corrected chi connectivity index (χ3v) is 6.22. The predicted molar refractivity (Wildman–Crippen MR) is 111 cm³/mol. The van der Waals surface area contributed by atoms with Gasteiger partial charge in [0.05, 0.1) is 10.4 Å². The SMILES string of the molecule is Fc1ccc(C2=NOC(CN3CCN(c4nsc5ccccc45)CC3)C2)cc1. The average Bonchev–Trinajstić information content (AvgIpc) is 3.36. The van der Waals surface area contributed by atoms with Crippen LogP contribution >= 0.6 is 11.5 Å². The van der Waals surface area contributed by atoms with Crippen molar-refractivity contribution in [3.63, 3.8) is 0 Å². The first-order valence-corrected chi connectivity index (χ1v) is 10.3. The topological polar surface area (TPSA) is 41.0 Å². The summed E-state index contributed by atoms with van der Waals surface area (Å²) in [6.45, 7) is 4.76. The fourth-order valence-corrected chi connectivity index (χ4v) is 4.67. The molecule has 0 aliphatic carbocycles. The van der Waals surface area contributed by atoms with Crippen LogP contribution in [0.4, 0.5) is 10.2 Å². The Balaban J connectivity index is 1.16. The van der Waals surface area contributed by atoms with Gasteiger partial charge in [0, 0.05) is 44.5 Å². The predicted octanol–water partition coefficient (Wildman–Crippen LogP) is 3.75. The van der Waals surface area contributed by atoms with Crippen LogP contribution < -0.4 is 4.90 Å². The monoisotopic (exact) mass is 396 g/mol. The van der Waals surface area contributed by atoms with E-state index in [4.69, 9.17) is 4.84 Å². The average molecular weight is 396 g/mol. The number of oxime groups is 1. The molecule has 0 saturated carbocycles. The number of fused-ring (bicyclic) bond motifs is 1. The van der Waals surface area contributed by atoms with Crippen LogP contribution in [0.5, 0.6) is 0 Å². The van der Waals surface area contributed by atoms with Gasteiger partial charge in [0.2, 0.25) is 0 Å². The molecule has 144 valence electrons. The minimum atomic E-state index is -0.231. The van der Waals surface area contributed by atoms with E-state index in [1.807, 2.05) is 0 Å².